The van der Waals surface area contributed by atoms with E-state index in [0.29, 0.717) is 28.1 Å². The zero-order valence-electron chi connectivity index (χ0n) is 10.5. The first kappa shape index (κ1) is 13.9. The molecule has 1 aromatic heterocycles. The second kappa shape index (κ2) is 5.77. The third-order valence-corrected chi connectivity index (χ3v) is 4.84. The van der Waals surface area contributed by atoms with Crippen molar-refractivity contribution < 1.29 is 0 Å². The summed E-state index contributed by atoms with van der Waals surface area (Å²) in [6.07, 6.45) is 0.491. The van der Waals surface area contributed by atoms with Gasteiger partial charge in [0.1, 0.15) is 11.6 Å². The number of anilines is 1. The van der Waals surface area contributed by atoms with Crippen LogP contribution < -0.4 is 11.3 Å². The molecule has 0 aliphatic carbocycles. The lowest BCUT2D eigenvalue weighted by Crippen LogP contribution is -2.14. The van der Waals surface area contributed by atoms with Crippen LogP contribution in [-0.4, -0.2) is 9.97 Å². The Kier molecular flexibility index (Phi) is 4.03. The van der Waals surface area contributed by atoms with Crippen molar-refractivity contribution in [2.24, 2.45) is 5.84 Å². The number of nitrogens with two attached hydrogens (primary N) is 1. The van der Waals surface area contributed by atoms with Crippen molar-refractivity contribution in [2.45, 2.75) is 17.9 Å². The van der Waals surface area contributed by atoms with Crippen LogP contribution in [0.15, 0.2) is 18.2 Å². The molecule has 0 spiro atoms. The predicted molar refractivity (Wildman–Crippen MR) is 84.1 cm³/mol. The van der Waals surface area contributed by atoms with Crippen LogP contribution in [0.4, 0.5) is 5.82 Å². The van der Waals surface area contributed by atoms with E-state index in [1.54, 1.807) is 11.8 Å². The number of thioether (sulfide) groups is 1. The van der Waals surface area contributed by atoms with Crippen LogP contribution in [0.5, 0.6) is 0 Å². The second-order valence-corrected chi connectivity index (χ2v) is 6.23. The maximum absolute atomic E-state index is 6.19. The molecule has 104 valence electrons. The number of hydrogen-bond acceptors (Lipinski definition) is 5. The lowest BCUT2D eigenvalue weighted by molar-refractivity contribution is 0.926. The van der Waals surface area contributed by atoms with Crippen molar-refractivity contribution in [2.75, 3.05) is 5.43 Å². The fourth-order valence-corrected chi connectivity index (χ4v) is 3.73. The first-order valence-electron chi connectivity index (χ1n) is 6.05. The van der Waals surface area contributed by atoms with E-state index in [1.807, 2.05) is 18.2 Å². The molecule has 0 saturated carbocycles. The molecule has 2 heterocycles. The lowest BCUT2D eigenvalue weighted by Gasteiger charge is -2.10. The molecule has 3 rings (SSSR count). The minimum Gasteiger partial charge on any atom is -0.308 e. The van der Waals surface area contributed by atoms with Gasteiger partial charge in [0.15, 0.2) is 0 Å². The first-order valence-corrected chi connectivity index (χ1v) is 7.96. The highest BCUT2D eigenvalue weighted by atomic mass is 35.5. The van der Waals surface area contributed by atoms with E-state index in [0.717, 1.165) is 28.3 Å². The largest absolute Gasteiger partial charge is 0.308 e. The summed E-state index contributed by atoms with van der Waals surface area (Å²) < 4.78 is 0. The predicted octanol–water partition coefficient (Wildman–Crippen LogP) is 3.41. The second-order valence-electron chi connectivity index (χ2n) is 4.43. The van der Waals surface area contributed by atoms with Crippen molar-refractivity contribution in [3.8, 4) is 0 Å². The number of nitrogens with zero attached hydrogens (tertiary/aromatic N) is 2. The number of hydrazine groups is 1. The molecule has 0 amide bonds. The van der Waals surface area contributed by atoms with E-state index in [-0.39, 0.29) is 0 Å². The van der Waals surface area contributed by atoms with Crippen LogP contribution in [0.1, 0.15) is 22.6 Å². The summed E-state index contributed by atoms with van der Waals surface area (Å²) in [5.41, 5.74) is 5.62. The van der Waals surface area contributed by atoms with Gasteiger partial charge >= 0.3 is 0 Å². The molecule has 4 nitrogen and oxygen atoms in total. The van der Waals surface area contributed by atoms with Gasteiger partial charge in [0.2, 0.25) is 0 Å². The average molecular weight is 327 g/mol. The van der Waals surface area contributed by atoms with Gasteiger partial charge in [-0.1, -0.05) is 29.3 Å². The summed E-state index contributed by atoms with van der Waals surface area (Å²) in [6.45, 7) is 0. The van der Waals surface area contributed by atoms with Gasteiger partial charge < -0.3 is 5.43 Å². The molecule has 20 heavy (non-hydrogen) atoms. The Labute approximate surface area is 131 Å². The number of hydrogen-bond donors (Lipinski definition) is 2. The van der Waals surface area contributed by atoms with Gasteiger partial charge in [0, 0.05) is 33.5 Å². The monoisotopic (exact) mass is 326 g/mol. The first-order chi connectivity index (χ1) is 9.69. The van der Waals surface area contributed by atoms with Crippen molar-refractivity contribution in [3.05, 3.63) is 50.9 Å². The van der Waals surface area contributed by atoms with Crippen LogP contribution in [0.3, 0.4) is 0 Å². The average Bonchev–Trinajstić information content (AvgIpc) is 2.90. The zero-order chi connectivity index (χ0) is 14.1. The quantitative estimate of drug-likeness (QED) is 0.668. The summed E-state index contributed by atoms with van der Waals surface area (Å²) in [4.78, 5) is 9.06. The Morgan fingerprint density at radius 2 is 1.95 bits per heavy atom. The van der Waals surface area contributed by atoms with Crippen LogP contribution in [0.25, 0.3) is 0 Å². The van der Waals surface area contributed by atoms with E-state index in [9.17, 15) is 0 Å². The third-order valence-electron chi connectivity index (χ3n) is 3.16. The van der Waals surface area contributed by atoms with E-state index < -0.39 is 0 Å². The molecule has 2 aromatic rings. The molecule has 1 aliphatic rings. The number of nitrogen functional groups attached to an aromatic ring is 1. The fourth-order valence-electron chi connectivity index (χ4n) is 2.16. The molecule has 0 unspecified atom stereocenters. The number of nitrogens with one attached hydrogen (secondary N) is 1. The normalized spacial score (nSPS) is 13.3. The molecular weight excluding hydrogens is 315 g/mol. The standard InChI is InChI=1S/C13H12Cl2N4S/c14-9-2-1-3-10(15)7(9)4-12-17-11-6-20-5-8(11)13(18-12)19-16/h1-3H,4-6,16H2,(H,17,18,19). The van der Waals surface area contributed by atoms with Gasteiger partial charge in [0.05, 0.1) is 5.69 Å². The number of halogens is 2. The molecule has 0 radical (unpaired) electrons. The van der Waals surface area contributed by atoms with Gasteiger partial charge in [-0.2, -0.15) is 11.8 Å². The zero-order valence-corrected chi connectivity index (χ0v) is 12.8. The van der Waals surface area contributed by atoms with E-state index in [1.165, 1.54) is 0 Å². The molecular formula is C13H12Cl2N4S. The summed E-state index contributed by atoms with van der Waals surface area (Å²) in [5.74, 6) is 8.69. The van der Waals surface area contributed by atoms with Gasteiger partial charge in [-0.3, -0.25) is 0 Å². The molecule has 0 bridgehead atoms. The van der Waals surface area contributed by atoms with Gasteiger partial charge in [-0.05, 0) is 17.7 Å². The maximum Gasteiger partial charge on any atom is 0.148 e. The molecule has 1 aliphatic heterocycles. The molecule has 0 saturated heterocycles. The minimum absolute atomic E-state index is 0.491. The Balaban J connectivity index is 1.99. The Hall–Kier alpha value is -1.01. The Morgan fingerprint density at radius 1 is 1.20 bits per heavy atom. The molecule has 7 heteroatoms. The number of aromatic nitrogens is 2. The third kappa shape index (κ3) is 2.59. The van der Waals surface area contributed by atoms with Crippen LogP contribution in [0, 0.1) is 0 Å². The molecule has 0 atom stereocenters. The van der Waals surface area contributed by atoms with Crippen LogP contribution in [0.2, 0.25) is 10.0 Å². The summed E-state index contributed by atoms with van der Waals surface area (Å²) >= 11 is 14.2. The van der Waals surface area contributed by atoms with Crippen molar-refractivity contribution >= 4 is 40.8 Å². The van der Waals surface area contributed by atoms with E-state index >= 15 is 0 Å². The highest BCUT2D eigenvalue weighted by Crippen LogP contribution is 2.33. The van der Waals surface area contributed by atoms with Crippen LogP contribution in [-0.2, 0) is 17.9 Å². The SMILES string of the molecule is NNc1nc(Cc2c(Cl)cccc2Cl)nc2c1CSC2. The van der Waals surface area contributed by atoms with Gasteiger partial charge in [0.25, 0.3) is 0 Å². The van der Waals surface area contributed by atoms with E-state index in [4.69, 9.17) is 29.0 Å². The highest BCUT2D eigenvalue weighted by Gasteiger charge is 2.20. The number of rotatable bonds is 3. The summed E-state index contributed by atoms with van der Waals surface area (Å²) in [7, 11) is 0. The lowest BCUT2D eigenvalue weighted by atomic mass is 10.1. The number of fused-ring (bicyclic) bond motifs is 1. The minimum atomic E-state index is 0.491. The highest BCUT2D eigenvalue weighted by molar-refractivity contribution is 7.98. The van der Waals surface area contributed by atoms with Crippen molar-refractivity contribution in [1.82, 2.24) is 9.97 Å². The van der Waals surface area contributed by atoms with Gasteiger partial charge in [-0.15, -0.1) is 0 Å². The van der Waals surface area contributed by atoms with Crippen molar-refractivity contribution in [1.29, 1.82) is 0 Å². The molecule has 3 N–H and O–H groups in total. The van der Waals surface area contributed by atoms with Crippen LogP contribution >= 0.6 is 35.0 Å². The summed E-state index contributed by atoms with van der Waals surface area (Å²) in [6, 6.07) is 5.45. The smallest absolute Gasteiger partial charge is 0.148 e. The molecule has 0 fully saturated rings. The Morgan fingerprint density at radius 3 is 2.65 bits per heavy atom. The maximum atomic E-state index is 6.19. The fraction of sp³-hybridized carbons (Fsp3) is 0.231. The molecule has 1 aromatic carbocycles. The topological polar surface area (TPSA) is 63.8 Å². The number of benzene rings is 1. The van der Waals surface area contributed by atoms with E-state index in [2.05, 4.69) is 15.4 Å². The van der Waals surface area contributed by atoms with Crippen molar-refractivity contribution in [3.63, 3.8) is 0 Å². The summed E-state index contributed by atoms with van der Waals surface area (Å²) in [5, 5.41) is 1.25. The Bertz CT molecular complexity index is 643. The van der Waals surface area contributed by atoms with Gasteiger partial charge in [-0.25, -0.2) is 15.8 Å².